The van der Waals surface area contributed by atoms with Crippen molar-refractivity contribution in [3.05, 3.63) is 28.6 Å². The van der Waals surface area contributed by atoms with Gasteiger partial charge in [0.2, 0.25) is 0 Å². The SMILES string of the molecule is Cc1ccc(CO)c2c(N)csc12. The maximum Gasteiger partial charge on any atom is 0.0688 e. The van der Waals surface area contributed by atoms with E-state index in [0.717, 1.165) is 16.6 Å². The molecule has 0 radical (unpaired) electrons. The monoisotopic (exact) mass is 193 g/mol. The summed E-state index contributed by atoms with van der Waals surface area (Å²) < 4.78 is 1.18. The number of benzene rings is 1. The Labute approximate surface area is 80.6 Å². The van der Waals surface area contributed by atoms with Crippen molar-refractivity contribution in [2.75, 3.05) is 5.73 Å². The summed E-state index contributed by atoms with van der Waals surface area (Å²) in [5.74, 6) is 0. The third-order valence-corrected chi connectivity index (χ3v) is 3.34. The van der Waals surface area contributed by atoms with Gasteiger partial charge in [-0.15, -0.1) is 11.3 Å². The summed E-state index contributed by atoms with van der Waals surface area (Å²) in [5.41, 5.74) is 8.72. The molecular formula is C10H11NOS. The van der Waals surface area contributed by atoms with Crippen LogP contribution in [0.4, 0.5) is 5.69 Å². The molecule has 0 unspecified atom stereocenters. The molecule has 2 aromatic rings. The minimum Gasteiger partial charge on any atom is -0.398 e. The Morgan fingerprint density at radius 1 is 1.46 bits per heavy atom. The summed E-state index contributed by atoms with van der Waals surface area (Å²) in [6.07, 6.45) is 0. The van der Waals surface area contributed by atoms with E-state index in [9.17, 15) is 0 Å². The van der Waals surface area contributed by atoms with Crippen molar-refractivity contribution >= 4 is 27.1 Å². The second kappa shape index (κ2) is 3.01. The van der Waals surface area contributed by atoms with Crippen molar-refractivity contribution in [2.24, 2.45) is 0 Å². The lowest BCUT2D eigenvalue weighted by molar-refractivity contribution is 0.283. The number of fused-ring (bicyclic) bond motifs is 1. The topological polar surface area (TPSA) is 46.2 Å². The first kappa shape index (κ1) is 8.53. The molecule has 0 aliphatic heterocycles. The van der Waals surface area contributed by atoms with Crippen LogP contribution in [0.25, 0.3) is 10.1 Å². The zero-order valence-corrected chi connectivity index (χ0v) is 8.19. The van der Waals surface area contributed by atoms with Crippen molar-refractivity contribution in [1.82, 2.24) is 0 Å². The van der Waals surface area contributed by atoms with Gasteiger partial charge in [0, 0.05) is 15.5 Å². The average Bonchev–Trinajstić information content (AvgIpc) is 2.51. The third-order valence-electron chi connectivity index (χ3n) is 2.20. The maximum atomic E-state index is 9.12. The van der Waals surface area contributed by atoms with E-state index in [1.54, 1.807) is 11.3 Å². The predicted molar refractivity (Wildman–Crippen MR) is 56.9 cm³/mol. The van der Waals surface area contributed by atoms with Gasteiger partial charge in [0.25, 0.3) is 0 Å². The molecule has 0 atom stereocenters. The first-order chi connectivity index (χ1) is 6.24. The zero-order chi connectivity index (χ0) is 9.42. The molecule has 2 nitrogen and oxygen atoms in total. The minimum absolute atomic E-state index is 0.0533. The molecule has 0 saturated carbocycles. The van der Waals surface area contributed by atoms with Gasteiger partial charge in [-0.3, -0.25) is 0 Å². The zero-order valence-electron chi connectivity index (χ0n) is 7.37. The number of hydrogen-bond donors (Lipinski definition) is 2. The van der Waals surface area contributed by atoms with Crippen molar-refractivity contribution in [3.8, 4) is 0 Å². The number of aliphatic hydroxyl groups excluding tert-OH is 1. The second-order valence-electron chi connectivity index (χ2n) is 3.09. The Morgan fingerprint density at radius 3 is 2.92 bits per heavy atom. The van der Waals surface area contributed by atoms with E-state index in [-0.39, 0.29) is 6.61 Å². The van der Waals surface area contributed by atoms with Gasteiger partial charge in [-0.05, 0) is 18.1 Å². The van der Waals surface area contributed by atoms with Gasteiger partial charge in [-0.25, -0.2) is 0 Å². The van der Waals surface area contributed by atoms with Gasteiger partial charge in [-0.1, -0.05) is 12.1 Å². The molecule has 0 aliphatic carbocycles. The molecule has 0 saturated heterocycles. The lowest BCUT2D eigenvalue weighted by Gasteiger charge is -2.02. The largest absolute Gasteiger partial charge is 0.398 e. The predicted octanol–water partition coefficient (Wildman–Crippen LogP) is 2.28. The van der Waals surface area contributed by atoms with Crippen LogP contribution in [0.1, 0.15) is 11.1 Å². The van der Waals surface area contributed by atoms with Crippen LogP contribution in [-0.2, 0) is 6.61 Å². The van der Waals surface area contributed by atoms with Crippen LogP contribution in [0.15, 0.2) is 17.5 Å². The van der Waals surface area contributed by atoms with Crippen LogP contribution < -0.4 is 5.73 Å². The highest BCUT2D eigenvalue weighted by molar-refractivity contribution is 7.18. The fraction of sp³-hybridized carbons (Fsp3) is 0.200. The lowest BCUT2D eigenvalue weighted by Crippen LogP contribution is -1.89. The fourth-order valence-electron chi connectivity index (χ4n) is 1.51. The van der Waals surface area contributed by atoms with E-state index in [0.29, 0.717) is 0 Å². The molecule has 68 valence electrons. The third kappa shape index (κ3) is 1.20. The number of nitrogen functional groups attached to an aromatic ring is 1. The molecule has 3 heteroatoms. The van der Waals surface area contributed by atoms with Gasteiger partial charge in [0.05, 0.1) is 12.3 Å². The number of rotatable bonds is 1. The summed E-state index contributed by atoms with van der Waals surface area (Å²) in [5, 5.41) is 12.1. The smallest absolute Gasteiger partial charge is 0.0688 e. The number of nitrogens with two attached hydrogens (primary N) is 1. The van der Waals surface area contributed by atoms with Crippen LogP contribution in [0.5, 0.6) is 0 Å². The summed E-state index contributed by atoms with van der Waals surface area (Å²) in [7, 11) is 0. The van der Waals surface area contributed by atoms with Crippen LogP contribution in [0.2, 0.25) is 0 Å². The van der Waals surface area contributed by atoms with Crippen molar-refractivity contribution < 1.29 is 5.11 Å². The molecule has 2 rings (SSSR count). The molecule has 3 N–H and O–H groups in total. The number of anilines is 1. The highest BCUT2D eigenvalue weighted by Gasteiger charge is 2.07. The Hall–Kier alpha value is -1.06. The van der Waals surface area contributed by atoms with Crippen LogP contribution in [0.3, 0.4) is 0 Å². The Balaban J connectivity index is 2.88. The number of hydrogen-bond acceptors (Lipinski definition) is 3. The molecule has 1 aromatic carbocycles. The van der Waals surface area contributed by atoms with Crippen molar-refractivity contribution in [3.63, 3.8) is 0 Å². The summed E-state index contributed by atoms with van der Waals surface area (Å²) in [6, 6.07) is 3.95. The molecule has 1 aromatic heterocycles. The van der Waals surface area contributed by atoms with E-state index in [1.165, 1.54) is 10.3 Å². The summed E-state index contributed by atoms with van der Waals surface area (Å²) in [4.78, 5) is 0. The van der Waals surface area contributed by atoms with E-state index in [1.807, 2.05) is 17.5 Å². The Bertz CT molecular complexity index is 447. The lowest BCUT2D eigenvalue weighted by atomic mass is 10.1. The Morgan fingerprint density at radius 2 is 2.23 bits per heavy atom. The molecule has 0 bridgehead atoms. The molecular weight excluding hydrogens is 182 g/mol. The van der Waals surface area contributed by atoms with Crippen LogP contribution in [-0.4, -0.2) is 5.11 Å². The van der Waals surface area contributed by atoms with Crippen LogP contribution in [0, 0.1) is 6.92 Å². The minimum atomic E-state index is 0.0533. The number of aryl methyl sites for hydroxylation is 1. The number of aliphatic hydroxyl groups is 1. The summed E-state index contributed by atoms with van der Waals surface area (Å²) >= 11 is 1.63. The van der Waals surface area contributed by atoms with Crippen molar-refractivity contribution in [1.29, 1.82) is 0 Å². The normalized spacial score (nSPS) is 10.9. The highest BCUT2D eigenvalue weighted by atomic mass is 32.1. The molecule has 0 amide bonds. The molecule has 0 fully saturated rings. The van der Waals surface area contributed by atoms with E-state index in [4.69, 9.17) is 10.8 Å². The maximum absolute atomic E-state index is 9.12. The molecule has 13 heavy (non-hydrogen) atoms. The second-order valence-corrected chi connectivity index (χ2v) is 3.97. The van der Waals surface area contributed by atoms with Gasteiger partial charge in [0.1, 0.15) is 0 Å². The van der Waals surface area contributed by atoms with Gasteiger partial charge >= 0.3 is 0 Å². The van der Waals surface area contributed by atoms with Gasteiger partial charge in [0.15, 0.2) is 0 Å². The van der Waals surface area contributed by atoms with Crippen molar-refractivity contribution in [2.45, 2.75) is 13.5 Å². The molecule has 0 spiro atoms. The van der Waals surface area contributed by atoms with Gasteiger partial charge < -0.3 is 10.8 Å². The van der Waals surface area contributed by atoms with Gasteiger partial charge in [-0.2, -0.15) is 0 Å². The number of thiophene rings is 1. The fourth-order valence-corrected chi connectivity index (χ4v) is 2.49. The summed E-state index contributed by atoms with van der Waals surface area (Å²) in [6.45, 7) is 2.11. The van der Waals surface area contributed by atoms with E-state index >= 15 is 0 Å². The highest BCUT2D eigenvalue weighted by Crippen LogP contribution is 2.33. The van der Waals surface area contributed by atoms with Crippen LogP contribution >= 0.6 is 11.3 Å². The molecule has 1 heterocycles. The quantitative estimate of drug-likeness (QED) is 0.730. The van der Waals surface area contributed by atoms with E-state index < -0.39 is 0 Å². The first-order valence-electron chi connectivity index (χ1n) is 4.10. The first-order valence-corrected chi connectivity index (χ1v) is 4.98. The van der Waals surface area contributed by atoms with E-state index in [2.05, 4.69) is 6.92 Å². The average molecular weight is 193 g/mol. The standard InChI is InChI=1S/C10H11NOS/c1-6-2-3-7(4-12)9-8(11)5-13-10(6)9/h2-3,5,12H,4,11H2,1H3. The Kier molecular flexibility index (Phi) is 1.98. The molecule has 0 aliphatic rings.